The Kier molecular flexibility index (Phi) is 8.71. The SMILES string of the molecule is COC(=O)c1c(C)cc(OC)c(-c2c(OC)cc(C)c(C(=O)OC)c2OC(=O)[C@@]23CC[C@@](C)(C(=O)O2)C3(C)C)c1OC(=O)[C@@]12CC[C@@](C)(C(=O)O1)C2(C)C. The summed E-state index contributed by atoms with van der Waals surface area (Å²) in [5.74, 6) is -5.65. The van der Waals surface area contributed by atoms with Crippen LogP contribution in [0.3, 0.4) is 0 Å². The first-order valence-electron chi connectivity index (χ1n) is 17.6. The van der Waals surface area contributed by atoms with E-state index in [9.17, 15) is 28.8 Å². The van der Waals surface area contributed by atoms with E-state index < -0.39 is 80.2 Å². The highest BCUT2D eigenvalue weighted by Gasteiger charge is 2.78. The van der Waals surface area contributed by atoms with E-state index in [1.54, 1.807) is 55.4 Å². The molecule has 14 nitrogen and oxygen atoms in total. The maximum absolute atomic E-state index is 14.6. The van der Waals surface area contributed by atoms with E-state index in [-0.39, 0.29) is 57.7 Å². The Hall–Kier alpha value is -5.14. The van der Waals surface area contributed by atoms with Crippen molar-refractivity contribution in [3.05, 3.63) is 34.4 Å². The first kappa shape index (κ1) is 38.6. The van der Waals surface area contributed by atoms with Crippen LogP contribution in [0.2, 0.25) is 0 Å². The van der Waals surface area contributed by atoms with Gasteiger partial charge in [0.15, 0.2) is 11.5 Å². The highest BCUT2D eigenvalue weighted by atomic mass is 16.6. The van der Waals surface area contributed by atoms with Crippen molar-refractivity contribution < 1.29 is 66.7 Å². The predicted molar refractivity (Wildman–Crippen MR) is 188 cm³/mol. The lowest BCUT2D eigenvalue weighted by Crippen LogP contribution is -2.50. The van der Waals surface area contributed by atoms with Crippen LogP contribution in [0.25, 0.3) is 11.1 Å². The van der Waals surface area contributed by atoms with Gasteiger partial charge in [0.05, 0.1) is 50.4 Å². The van der Waals surface area contributed by atoms with Crippen LogP contribution in [0.1, 0.15) is 99.1 Å². The predicted octanol–water partition coefficient (Wildman–Crippen LogP) is 5.62. The van der Waals surface area contributed by atoms with E-state index in [0.717, 1.165) is 14.2 Å². The van der Waals surface area contributed by atoms with E-state index in [1.165, 1.54) is 26.4 Å². The summed E-state index contributed by atoms with van der Waals surface area (Å²) >= 11 is 0. The molecule has 54 heavy (non-hydrogen) atoms. The number of carbonyl (C=O) groups is 6. The molecule has 4 atom stereocenters. The van der Waals surface area contributed by atoms with Gasteiger partial charge in [-0.15, -0.1) is 0 Å². The maximum atomic E-state index is 14.6. The summed E-state index contributed by atoms with van der Waals surface area (Å²) in [6.07, 6.45) is 0.979. The topological polar surface area (TPSA) is 176 Å². The second-order valence-corrected chi connectivity index (χ2v) is 16.1. The van der Waals surface area contributed by atoms with Crippen molar-refractivity contribution in [2.24, 2.45) is 21.7 Å². The molecular formula is C40H46O14. The molecule has 0 unspecified atom stereocenters. The first-order chi connectivity index (χ1) is 25.1. The van der Waals surface area contributed by atoms with Crippen LogP contribution in [0, 0.1) is 35.5 Å². The average Bonchev–Trinajstić information content (AvgIpc) is 3.59. The minimum atomic E-state index is -1.74. The summed E-state index contributed by atoms with van der Waals surface area (Å²) in [6.45, 7) is 13.6. The molecule has 4 fully saturated rings. The molecule has 14 heteroatoms. The van der Waals surface area contributed by atoms with E-state index in [2.05, 4.69) is 0 Å². The summed E-state index contributed by atoms with van der Waals surface area (Å²) in [5, 5.41) is 0. The molecule has 6 rings (SSSR count). The molecule has 0 aromatic heterocycles. The van der Waals surface area contributed by atoms with Gasteiger partial charge in [-0.05, 0) is 76.6 Å². The zero-order valence-corrected chi connectivity index (χ0v) is 32.7. The number of carbonyl (C=O) groups excluding carboxylic acids is 6. The van der Waals surface area contributed by atoms with Crippen molar-refractivity contribution in [2.75, 3.05) is 28.4 Å². The van der Waals surface area contributed by atoms with Gasteiger partial charge in [-0.25, -0.2) is 19.2 Å². The van der Waals surface area contributed by atoms with Gasteiger partial charge >= 0.3 is 35.8 Å². The van der Waals surface area contributed by atoms with Crippen molar-refractivity contribution in [1.29, 1.82) is 0 Å². The van der Waals surface area contributed by atoms with Crippen LogP contribution in [0.5, 0.6) is 23.0 Å². The van der Waals surface area contributed by atoms with Gasteiger partial charge < -0.3 is 37.9 Å². The number of aryl methyl sites for hydroxylation is 2. The number of fused-ring (bicyclic) bond motifs is 4. The summed E-state index contributed by atoms with van der Waals surface area (Å²) in [4.78, 5) is 82.8. The molecule has 2 saturated heterocycles. The fourth-order valence-electron chi connectivity index (χ4n) is 8.98. The quantitative estimate of drug-likeness (QED) is 0.175. The van der Waals surface area contributed by atoms with Gasteiger partial charge in [0, 0.05) is 10.8 Å². The molecule has 0 radical (unpaired) electrons. The van der Waals surface area contributed by atoms with Crippen molar-refractivity contribution in [1.82, 2.24) is 0 Å². The van der Waals surface area contributed by atoms with Crippen LogP contribution in [-0.4, -0.2) is 75.5 Å². The number of rotatable bonds is 9. The van der Waals surface area contributed by atoms with Crippen LogP contribution in [0.4, 0.5) is 0 Å². The Morgan fingerprint density at radius 2 is 0.907 bits per heavy atom. The highest BCUT2D eigenvalue weighted by molar-refractivity contribution is 6.06. The Labute approximate surface area is 313 Å². The lowest BCUT2D eigenvalue weighted by molar-refractivity contribution is -0.176. The van der Waals surface area contributed by atoms with E-state index >= 15 is 0 Å². The molecule has 2 aliphatic carbocycles. The third-order valence-electron chi connectivity index (χ3n) is 13.6. The van der Waals surface area contributed by atoms with Gasteiger partial charge in [-0.2, -0.15) is 0 Å². The molecular weight excluding hydrogens is 704 g/mol. The fraction of sp³-hybridized carbons (Fsp3) is 0.550. The van der Waals surface area contributed by atoms with Crippen LogP contribution >= 0.6 is 0 Å². The maximum Gasteiger partial charge on any atom is 0.356 e. The third-order valence-corrected chi connectivity index (χ3v) is 13.6. The van der Waals surface area contributed by atoms with Crippen molar-refractivity contribution in [3.63, 3.8) is 0 Å². The number of methoxy groups -OCH3 is 4. The zero-order chi connectivity index (χ0) is 40.1. The summed E-state index contributed by atoms with van der Waals surface area (Å²) in [5.41, 5.74) is -7.70. The lowest BCUT2D eigenvalue weighted by atomic mass is 9.66. The molecule has 2 heterocycles. The first-order valence-corrected chi connectivity index (χ1v) is 17.6. The average molecular weight is 751 g/mol. The number of benzene rings is 2. The number of esters is 6. The molecule has 2 aliphatic heterocycles. The fourth-order valence-corrected chi connectivity index (χ4v) is 8.98. The molecule has 2 saturated carbocycles. The molecule has 4 aliphatic rings. The van der Waals surface area contributed by atoms with E-state index in [4.69, 9.17) is 37.9 Å². The van der Waals surface area contributed by atoms with Crippen molar-refractivity contribution in [2.45, 2.75) is 92.3 Å². The molecule has 290 valence electrons. The van der Waals surface area contributed by atoms with Gasteiger partial charge in [0.2, 0.25) is 11.2 Å². The lowest BCUT2D eigenvalue weighted by Gasteiger charge is -2.35. The molecule has 0 N–H and O–H groups in total. The van der Waals surface area contributed by atoms with Crippen molar-refractivity contribution >= 4 is 35.8 Å². The summed E-state index contributed by atoms with van der Waals surface area (Å²) in [6, 6.07) is 2.96. The molecule has 2 aromatic carbocycles. The van der Waals surface area contributed by atoms with Crippen molar-refractivity contribution in [3.8, 4) is 34.1 Å². The normalized spacial score (nSPS) is 28.2. The zero-order valence-electron chi connectivity index (χ0n) is 32.7. The Morgan fingerprint density at radius 3 is 1.15 bits per heavy atom. The standard InChI is InChI=1S/C40H46O14/c1-19-17-21(47-9)25(27(23(19)29(41)49-11)51-33(45)39-15-13-37(7,31(43)53-39)35(39,3)4)26-22(48-10)18-20(2)24(30(42)50-12)28(26)52-34(46)40-16-14-38(8,32(44)54-40)36(40,5)6/h17-18H,13-16H2,1-12H3/t37-,38-,39+,40+/m0/s1. The second-order valence-electron chi connectivity index (χ2n) is 16.1. The van der Waals surface area contributed by atoms with E-state index in [0.29, 0.717) is 12.8 Å². The largest absolute Gasteiger partial charge is 0.496 e. The molecule has 0 amide bonds. The van der Waals surface area contributed by atoms with Gasteiger partial charge in [0.1, 0.15) is 22.6 Å². The number of hydrogen-bond donors (Lipinski definition) is 0. The van der Waals surface area contributed by atoms with Crippen LogP contribution < -0.4 is 18.9 Å². The molecule has 0 spiro atoms. The minimum Gasteiger partial charge on any atom is -0.496 e. The van der Waals surface area contributed by atoms with Crippen LogP contribution in [0.15, 0.2) is 12.1 Å². The third kappa shape index (κ3) is 4.57. The molecule has 4 bridgehead atoms. The Balaban J connectivity index is 1.66. The van der Waals surface area contributed by atoms with E-state index in [1.807, 2.05) is 0 Å². The molecule has 2 aromatic rings. The monoisotopic (exact) mass is 750 g/mol. The Morgan fingerprint density at radius 1 is 0.574 bits per heavy atom. The van der Waals surface area contributed by atoms with Gasteiger partial charge in [-0.3, -0.25) is 9.59 Å². The summed E-state index contributed by atoms with van der Waals surface area (Å²) in [7, 11) is 4.96. The number of hydrogen-bond acceptors (Lipinski definition) is 14. The van der Waals surface area contributed by atoms with Gasteiger partial charge in [-0.1, -0.05) is 27.7 Å². The smallest absolute Gasteiger partial charge is 0.356 e. The minimum absolute atomic E-state index is 0.00823. The number of ether oxygens (including phenoxy) is 8. The highest BCUT2D eigenvalue weighted by Crippen LogP contribution is 2.67. The van der Waals surface area contributed by atoms with Gasteiger partial charge in [0.25, 0.3) is 0 Å². The Bertz CT molecular complexity index is 1920. The second kappa shape index (κ2) is 12.2. The summed E-state index contributed by atoms with van der Waals surface area (Å²) < 4.78 is 46.2. The van der Waals surface area contributed by atoms with Crippen LogP contribution in [-0.2, 0) is 38.1 Å².